The van der Waals surface area contributed by atoms with Gasteiger partial charge in [0.1, 0.15) is 0 Å². The molecule has 0 aromatic heterocycles. The lowest BCUT2D eigenvalue weighted by Crippen LogP contribution is -2.30. The summed E-state index contributed by atoms with van der Waals surface area (Å²) in [5.41, 5.74) is 0.253. The molecule has 0 aromatic carbocycles. The van der Waals surface area contributed by atoms with Crippen molar-refractivity contribution in [3.8, 4) is 0 Å². The molecule has 0 aromatic rings. The van der Waals surface area contributed by atoms with E-state index in [1.165, 1.54) is 0 Å². The van der Waals surface area contributed by atoms with Gasteiger partial charge in [-0.15, -0.1) is 0 Å². The van der Waals surface area contributed by atoms with E-state index in [1.807, 2.05) is 7.17 Å². The second kappa shape index (κ2) is 6.71. The van der Waals surface area contributed by atoms with Crippen molar-refractivity contribution in [2.24, 2.45) is 11.3 Å². The van der Waals surface area contributed by atoms with E-state index < -0.39 is 0 Å². The maximum atomic E-state index is 6.26. The highest BCUT2D eigenvalue weighted by Gasteiger charge is 2.32. The van der Waals surface area contributed by atoms with Gasteiger partial charge in [-0.2, -0.15) is 0 Å². The Labute approximate surface area is 100 Å². The summed E-state index contributed by atoms with van der Waals surface area (Å²) >= 11 is 0. The van der Waals surface area contributed by atoms with Crippen LogP contribution in [-0.2, 0) is 0 Å². The molecule has 0 rings (SSSR count). The monoisotopic (exact) mass is 201 g/mol. The number of hydrogen-bond donors (Lipinski definition) is 0. The van der Waals surface area contributed by atoms with Gasteiger partial charge in [0.25, 0.3) is 0 Å². The van der Waals surface area contributed by atoms with E-state index in [0.29, 0.717) is 11.7 Å². The third-order valence-corrected chi connectivity index (χ3v) is 3.83. The topological polar surface area (TPSA) is 0 Å². The van der Waals surface area contributed by atoms with Crippen LogP contribution in [0.5, 0.6) is 0 Å². The molecule has 0 spiro atoms. The Morgan fingerprint density at radius 1 is 1.20 bits per heavy atom. The summed E-state index contributed by atoms with van der Waals surface area (Å²) in [6, 6.07) is 0. The summed E-state index contributed by atoms with van der Waals surface area (Å²) in [4.78, 5) is 0. The van der Waals surface area contributed by atoms with Crippen LogP contribution in [0.15, 0.2) is 0 Å². The third kappa shape index (κ3) is 4.29. The van der Waals surface area contributed by atoms with Gasteiger partial charge in [-0.1, -0.05) is 65.5 Å². The lowest BCUT2D eigenvalue weighted by atomic mass is 9.35. The molecule has 0 nitrogen and oxygen atoms in total. The molecule has 2 atom stereocenters. The summed E-state index contributed by atoms with van der Waals surface area (Å²) in [7, 11) is 13.9. The molecular weight excluding hydrogens is 177 g/mol. The van der Waals surface area contributed by atoms with E-state index in [-0.39, 0.29) is 11.2 Å². The minimum Gasteiger partial charge on any atom is -0.0815 e. The van der Waals surface area contributed by atoms with Crippen molar-refractivity contribution in [3.05, 3.63) is 0 Å². The van der Waals surface area contributed by atoms with Gasteiger partial charge in [-0.3, -0.25) is 0 Å². The second-order valence-electron chi connectivity index (χ2n) is 5.37. The molecule has 0 saturated carbocycles. The van der Waals surface area contributed by atoms with Crippen molar-refractivity contribution in [2.75, 3.05) is 0 Å². The fourth-order valence-electron chi connectivity index (χ4n) is 2.30. The average molecular weight is 201 g/mol. The predicted octanol–water partition coefficient (Wildman–Crippen LogP) is 3.39. The largest absolute Gasteiger partial charge is 0.0815 e. The van der Waals surface area contributed by atoms with Gasteiger partial charge in [-0.25, -0.2) is 0 Å². The maximum absolute atomic E-state index is 6.26. The lowest BCUT2D eigenvalue weighted by molar-refractivity contribution is 0.258. The molecular formula is C12H24B3. The average Bonchev–Trinajstić information content (AvgIpc) is 2.17. The van der Waals surface area contributed by atoms with Crippen LogP contribution in [0.3, 0.4) is 0 Å². The Morgan fingerprint density at radius 2 is 1.67 bits per heavy atom. The standard InChI is InChI=1S/C12H24B3/c1-6-12(5,7-2)11(15-14)10(13)8-9(3)4/h9-11H,6-8H2,1-5H3/t10-,11+/m0/s1. The third-order valence-electron chi connectivity index (χ3n) is 3.83. The van der Waals surface area contributed by atoms with Gasteiger partial charge in [-0.05, 0) is 11.3 Å². The summed E-state index contributed by atoms with van der Waals surface area (Å²) in [6.45, 7) is 11.2. The van der Waals surface area contributed by atoms with E-state index in [4.69, 9.17) is 15.6 Å². The molecule has 0 N–H and O–H groups in total. The Morgan fingerprint density at radius 3 is 1.93 bits per heavy atom. The van der Waals surface area contributed by atoms with Crippen LogP contribution in [0.1, 0.15) is 53.9 Å². The van der Waals surface area contributed by atoms with Crippen molar-refractivity contribution < 1.29 is 0 Å². The first kappa shape index (κ1) is 15.2. The van der Waals surface area contributed by atoms with Crippen molar-refractivity contribution >= 4 is 22.8 Å². The highest BCUT2D eigenvalue weighted by molar-refractivity contribution is 6.90. The zero-order chi connectivity index (χ0) is 12.1. The molecule has 0 aliphatic carbocycles. The van der Waals surface area contributed by atoms with Crippen molar-refractivity contribution in [1.29, 1.82) is 0 Å². The van der Waals surface area contributed by atoms with Crippen LogP contribution >= 0.6 is 0 Å². The summed E-state index contributed by atoms with van der Waals surface area (Å²) in [5.74, 6) is 1.16. The normalized spacial score (nSPS) is 16.4. The van der Waals surface area contributed by atoms with E-state index in [0.717, 1.165) is 19.3 Å². The first-order valence-electron chi connectivity index (χ1n) is 6.21. The Balaban J connectivity index is 4.58. The minimum atomic E-state index is 0.194. The molecule has 0 aliphatic rings. The molecule has 3 heteroatoms. The fourth-order valence-corrected chi connectivity index (χ4v) is 2.30. The van der Waals surface area contributed by atoms with Crippen LogP contribution in [0.4, 0.5) is 0 Å². The van der Waals surface area contributed by atoms with Gasteiger partial charge in [0.05, 0.1) is 15.0 Å². The van der Waals surface area contributed by atoms with Gasteiger partial charge in [0.2, 0.25) is 0 Å². The van der Waals surface area contributed by atoms with Gasteiger partial charge in [0, 0.05) is 7.74 Å². The van der Waals surface area contributed by atoms with E-state index >= 15 is 0 Å². The Bertz CT molecular complexity index is 164. The Kier molecular flexibility index (Phi) is 6.79. The quantitative estimate of drug-likeness (QED) is 0.553. The highest BCUT2D eigenvalue weighted by atomic mass is 14.3. The summed E-state index contributed by atoms with van der Waals surface area (Å²) in [5, 5.41) is 0. The van der Waals surface area contributed by atoms with Crippen molar-refractivity contribution in [1.82, 2.24) is 0 Å². The molecule has 15 heavy (non-hydrogen) atoms. The van der Waals surface area contributed by atoms with Gasteiger partial charge >= 0.3 is 0 Å². The van der Waals surface area contributed by atoms with Crippen LogP contribution < -0.4 is 0 Å². The zero-order valence-corrected chi connectivity index (χ0v) is 11.1. The molecule has 0 saturated heterocycles. The van der Waals surface area contributed by atoms with Crippen LogP contribution in [0.25, 0.3) is 0 Å². The molecule has 0 heterocycles. The summed E-state index contributed by atoms with van der Waals surface area (Å²) in [6.07, 6.45) is 3.31. The molecule has 81 valence electrons. The van der Waals surface area contributed by atoms with Crippen molar-refractivity contribution in [3.63, 3.8) is 0 Å². The van der Waals surface area contributed by atoms with Crippen LogP contribution in [-0.4, -0.2) is 22.8 Å². The van der Waals surface area contributed by atoms with E-state index in [1.54, 1.807) is 0 Å². The fraction of sp³-hybridized carbons (Fsp3) is 1.00. The van der Waals surface area contributed by atoms with Crippen LogP contribution in [0.2, 0.25) is 11.6 Å². The number of hydrogen-bond acceptors (Lipinski definition) is 0. The van der Waals surface area contributed by atoms with Crippen molar-refractivity contribution in [2.45, 2.75) is 65.5 Å². The maximum Gasteiger partial charge on any atom is 0.0693 e. The van der Waals surface area contributed by atoms with E-state index in [2.05, 4.69) is 34.6 Å². The first-order chi connectivity index (χ1) is 6.91. The summed E-state index contributed by atoms with van der Waals surface area (Å²) < 4.78 is 0. The Hall–Kier alpha value is 0.195. The lowest BCUT2D eigenvalue weighted by Gasteiger charge is -2.41. The zero-order valence-electron chi connectivity index (χ0n) is 11.1. The van der Waals surface area contributed by atoms with Crippen LogP contribution in [0, 0.1) is 11.3 Å². The number of rotatable bonds is 7. The van der Waals surface area contributed by atoms with Gasteiger partial charge < -0.3 is 0 Å². The molecule has 0 unspecified atom stereocenters. The highest BCUT2D eigenvalue weighted by Crippen LogP contribution is 2.46. The molecule has 0 bridgehead atoms. The predicted molar refractivity (Wildman–Crippen MR) is 72.9 cm³/mol. The smallest absolute Gasteiger partial charge is 0.0693 e. The van der Waals surface area contributed by atoms with Gasteiger partial charge in [0.15, 0.2) is 0 Å². The SMILES string of the molecule is [B][B][C@H]([C@@H]([B])CC(C)C)C(C)(CC)CC. The molecule has 5 radical (unpaired) electrons. The van der Waals surface area contributed by atoms with E-state index in [9.17, 15) is 0 Å². The molecule has 0 amide bonds. The second-order valence-corrected chi connectivity index (χ2v) is 5.37. The molecule has 0 fully saturated rings. The first-order valence-corrected chi connectivity index (χ1v) is 6.21. The minimum absolute atomic E-state index is 0.194. The molecule has 0 aliphatic heterocycles.